The van der Waals surface area contributed by atoms with Crippen molar-refractivity contribution in [1.29, 1.82) is 0 Å². The molecule has 1 aromatic carbocycles. The summed E-state index contributed by atoms with van der Waals surface area (Å²) >= 11 is 11.8. The molecule has 2 rings (SSSR count). The van der Waals surface area contributed by atoms with E-state index in [2.05, 4.69) is 4.98 Å². The molecular formula is C15H11Cl2NO3. The van der Waals surface area contributed by atoms with Crippen LogP contribution in [-0.4, -0.2) is 16.1 Å². The van der Waals surface area contributed by atoms with E-state index < -0.39 is 5.97 Å². The van der Waals surface area contributed by atoms with Crippen LogP contribution in [0.2, 0.25) is 10.0 Å². The summed E-state index contributed by atoms with van der Waals surface area (Å²) < 4.78 is 5.62. The molecule has 21 heavy (non-hydrogen) atoms. The minimum absolute atomic E-state index is 0.103. The van der Waals surface area contributed by atoms with Crippen molar-refractivity contribution in [1.82, 2.24) is 4.98 Å². The number of halogens is 2. The minimum Gasteiger partial charge on any atom is -0.478 e. The van der Waals surface area contributed by atoms with Crippen LogP contribution in [0, 0.1) is 0 Å². The molecule has 0 aliphatic rings. The smallest absolute Gasteiger partial charge is 0.336 e. The second-order valence-electron chi connectivity index (χ2n) is 4.07. The van der Waals surface area contributed by atoms with E-state index in [1.54, 1.807) is 37.3 Å². The molecule has 0 amide bonds. The molecule has 0 atom stereocenters. The summed E-state index contributed by atoms with van der Waals surface area (Å²) in [5, 5.41) is 10.0. The number of ether oxygens (including phenoxy) is 1. The first-order chi connectivity index (χ1) is 10.0. The average Bonchev–Trinajstić information content (AvgIpc) is 2.40. The van der Waals surface area contributed by atoms with Gasteiger partial charge in [-0.2, -0.15) is 0 Å². The van der Waals surface area contributed by atoms with Gasteiger partial charge >= 0.3 is 5.97 Å². The number of aliphatic carboxylic acids is 1. The van der Waals surface area contributed by atoms with E-state index in [1.807, 2.05) is 0 Å². The highest BCUT2D eigenvalue weighted by atomic mass is 35.5. The van der Waals surface area contributed by atoms with E-state index in [0.717, 1.165) is 0 Å². The summed E-state index contributed by atoms with van der Waals surface area (Å²) in [6.45, 7) is 1.64. The van der Waals surface area contributed by atoms with Crippen LogP contribution >= 0.6 is 23.2 Å². The van der Waals surface area contributed by atoms with Crippen LogP contribution in [0.1, 0.15) is 12.5 Å². The Morgan fingerprint density at radius 1 is 1.29 bits per heavy atom. The van der Waals surface area contributed by atoms with Gasteiger partial charge in [-0.1, -0.05) is 29.3 Å². The normalized spacial score (nSPS) is 11.3. The number of hydrogen-bond donors (Lipinski definition) is 1. The Balaban J connectivity index is 2.43. The monoisotopic (exact) mass is 323 g/mol. The van der Waals surface area contributed by atoms with Crippen LogP contribution in [0.5, 0.6) is 11.6 Å². The van der Waals surface area contributed by atoms with Gasteiger partial charge in [-0.05, 0) is 37.3 Å². The number of rotatable bonds is 4. The first kappa shape index (κ1) is 15.4. The van der Waals surface area contributed by atoms with Crippen molar-refractivity contribution >= 4 is 34.7 Å². The van der Waals surface area contributed by atoms with E-state index >= 15 is 0 Å². The van der Waals surface area contributed by atoms with Gasteiger partial charge in [0.2, 0.25) is 5.88 Å². The third kappa shape index (κ3) is 3.74. The lowest BCUT2D eigenvalue weighted by Crippen LogP contribution is -2.02. The Bertz CT molecular complexity index is 694. The summed E-state index contributed by atoms with van der Waals surface area (Å²) in [5.74, 6) is -0.501. The van der Waals surface area contributed by atoms with Crippen LogP contribution in [0.4, 0.5) is 0 Å². The van der Waals surface area contributed by atoms with Crippen LogP contribution in [0.15, 0.2) is 42.6 Å². The molecule has 108 valence electrons. The second kappa shape index (κ2) is 6.61. The van der Waals surface area contributed by atoms with Gasteiger partial charge in [-0.15, -0.1) is 0 Å². The number of aromatic nitrogens is 1. The van der Waals surface area contributed by atoms with Gasteiger partial charge < -0.3 is 9.84 Å². The quantitative estimate of drug-likeness (QED) is 0.830. The lowest BCUT2D eigenvalue weighted by atomic mass is 10.1. The van der Waals surface area contributed by atoms with Gasteiger partial charge in [0.05, 0.1) is 11.1 Å². The number of carboxylic acids is 1. The Morgan fingerprint density at radius 3 is 2.52 bits per heavy atom. The maximum absolute atomic E-state index is 11.3. The Kier molecular flexibility index (Phi) is 4.83. The number of pyridine rings is 1. The molecule has 0 saturated carbocycles. The van der Waals surface area contributed by atoms with E-state index in [-0.39, 0.29) is 11.5 Å². The molecule has 0 fully saturated rings. The predicted molar refractivity (Wildman–Crippen MR) is 82.1 cm³/mol. The molecular weight excluding hydrogens is 313 g/mol. The zero-order chi connectivity index (χ0) is 15.4. The zero-order valence-corrected chi connectivity index (χ0v) is 12.5. The molecule has 0 unspecified atom stereocenters. The SMILES string of the molecule is C/C=C(/C(=O)O)c1cccnc1Oc1cc(Cl)cc(Cl)c1. The molecule has 0 aliphatic carbocycles. The fraction of sp³-hybridized carbons (Fsp3) is 0.0667. The topological polar surface area (TPSA) is 59.4 Å². The maximum atomic E-state index is 11.3. The minimum atomic E-state index is -1.06. The van der Waals surface area contributed by atoms with E-state index in [4.69, 9.17) is 27.9 Å². The van der Waals surface area contributed by atoms with Crippen molar-refractivity contribution < 1.29 is 14.6 Å². The number of nitrogens with zero attached hydrogens (tertiary/aromatic N) is 1. The molecule has 0 radical (unpaired) electrons. The number of carboxylic acid groups (broad SMARTS) is 1. The molecule has 1 N–H and O–H groups in total. The van der Waals surface area contributed by atoms with Crippen LogP contribution in [0.3, 0.4) is 0 Å². The fourth-order valence-corrected chi connectivity index (χ4v) is 2.28. The summed E-state index contributed by atoms with van der Waals surface area (Å²) in [6.07, 6.45) is 3.00. The molecule has 0 saturated heterocycles. The molecule has 0 spiro atoms. The summed E-state index contributed by atoms with van der Waals surface area (Å²) in [7, 11) is 0. The Labute approximate surface area is 131 Å². The third-order valence-corrected chi connectivity index (χ3v) is 3.07. The van der Waals surface area contributed by atoms with Crippen LogP contribution < -0.4 is 4.74 Å². The average molecular weight is 324 g/mol. The summed E-state index contributed by atoms with van der Waals surface area (Å²) in [5.41, 5.74) is 0.481. The molecule has 1 aromatic heterocycles. The predicted octanol–water partition coefficient (Wildman–Crippen LogP) is 4.67. The van der Waals surface area contributed by atoms with E-state index in [1.165, 1.54) is 12.3 Å². The van der Waals surface area contributed by atoms with Crippen molar-refractivity contribution in [3.8, 4) is 11.6 Å². The van der Waals surface area contributed by atoms with Gasteiger partial charge in [0, 0.05) is 16.2 Å². The molecule has 0 bridgehead atoms. The van der Waals surface area contributed by atoms with Crippen LogP contribution in [-0.2, 0) is 4.79 Å². The van der Waals surface area contributed by atoms with Crippen molar-refractivity contribution in [2.75, 3.05) is 0 Å². The highest BCUT2D eigenvalue weighted by molar-refractivity contribution is 6.34. The Morgan fingerprint density at radius 2 is 1.95 bits per heavy atom. The molecule has 6 heteroatoms. The second-order valence-corrected chi connectivity index (χ2v) is 4.94. The number of benzene rings is 1. The molecule has 1 heterocycles. The van der Waals surface area contributed by atoms with Crippen molar-refractivity contribution in [3.05, 3.63) is 58.2 Å². The maximum Gasteiger partial charge on any atom is 0.336 e. The first-order valence-corrected chi connectivity index (χ1v) is 6.76. The molecule has 2 aromatic rings. The van der Waals surface area contributed by atoms with Gasteiger partial charge in [-0.25, -0.2) is 9.78 Å². The van der Waals surface area contributed by atoms with Gasteiger partial charge in [0.25, 0.3) is 0 Å². The number of allylic oxidation sites excluding steroid dienone is 1. The molecule has 4 nitrogen and oxygen atoms in total. The van der Waals surface area contributed by atoms with Crippen LogP contribution in [0.25, 0.3) is 5.57 Å². The first-order valence-electron chi connectivity index (χ1n) is 6.00. The largest absolute Gasteiger partial charge is 0.478 e. The summed E-state index contributed by atoms with van der Waals surface area (Å²) in [6, 6.07) is 7.98. The van der Waals surface area contributed by atoms with Gasteiger partial charge in [-0.3, -0.25) is 0 Å². The fourth-order valence-electron chi connectivity index (χ4n) is 1.77. The van der Waals surface area contributed by atoms with Crippen molar-refractivity contribution in [3.63, 3.8) is 0 Å². The number of carbonyl (C=O) groups is 1. The van der Waals surface area contributed by atoms with Crippen molar-refractivity contribution in [2.24, 2.45) is 0 Å². The standard InChI is InChI=1S/C15H11Cl2NO3/c1-2-12(15(19)20)13-4-3-5-18-14(13)21-11-7-9(16)6-10(17)8-11/h2-8H,1H3,(H,19,20)/b12-2+. The summed E-state index contributed by atoms with van der Waals surface area (Å²) in [4.78, 5) is 15.3. The molecule has 0 aliphatic heterocycles. The van der Waals surface area contributed by atoms with Gasteiger partial charge in [0.15, 0.2) is 0 Å². The highest BCUT2D eigenvalue weighted by Gasteiger charge is 2.16. The van der Waals surface area contributed by atoms with Gasteiger partial charge in [0.1, 0.15) is 5.75 Å². The van der Waals surface area contributed by atoms with E-state index in [0.29, 0.717) is 21.4 Å². The zero-order valence-electron chi connectivity index (χ0n) is 11.0. The lowest BCUT2D eigenvalue weighted by Gasteiger charge is -2.10. The Hall–Kier alpha value is -2.04. The van der Waals surface area contributed by atoms with E-state index in [9.17, 15) is 9.90 Å². The highest BCUT2D eigenvalue weighted by Crippen LogP contribution is 2.31. The lowest BCUT2D eigenvalue weighted by molar-refractivity contribution is -0.130. The third-order valence-electron chi connectivity index (χ3n) is 2.63. The van der Waals surface area contributed by atoms with Crippen molar-refractivity contribution in [2.45, 2.75) is 6.92 Å². The number of hydrogen-bond acceptors (Lipinski definition) is 3.